The van der Waals surface area contributed by atoms with E-state index in [0.717, 1.165) is 31.4 Å². The monoisotopic (exact) mass is 500 g/mol. The third-order valence-corrected chi connectivity index (χ3v) is 7.91. The van der Waals surface area contributed by atoms with Gasteiger partial charge >= 0.3 is 12.1 Å². The Hall–Kier alpha value is -3.20. The number of nitrogens with one attached hydrogen (secondary N) is 1. The van der Waals surface area contributed by atoms with E-state index in [4.69, 9.17) is 0 Å². The first-order chi connectivity index (χ1) is 17.1. The molecule has 1 aliphatic carbocycles. The van der Waals surface area contributed by atoms with Gasteiger partial charge in [-0.2, -0.15) is 13.2 Å². The maximum absolute atomic E-state index is 13.8. The van der Waals surface area contributed by atoms with Crippen LogP contribution in [-0.2, 0) is 27.0 Å². The second-order valence-electron chi connectivity index (χ2n) is 10.0. The van der Waals surface area contributed by atoms with E-state index in [0.29, 0.717) is 18.4 Å². The standard InChI is InChI=1S/C27H27F3N2O4/c28-27(29,30)18-11-7-10-17(14-18)22-20-21(24(34)32(23(20)33)19-12-5-2-6-13-19)26(31-22,25(35)36)15-16-8-3-1-4-9-16/h1,3-4,7-11,14,19-22,31H,2,5-6,12-13,15H2,(H,35,36). The first-order valence-corrected chi connectivity index (χ1v) is 12.2. The zero-order valence-electron chi connectivity index (χ0n) is 19.5. The molecule has 2 N–H and O–H groups in total. The summed E-state index contributed by atoms with van der Waals surface area (Å²) in [6.45, 7) is 0. The van der Waals surface area contributed by atoms with Crippen LogP contribution in [0.2, 0.25) is 0 Å². The summed E-state index contributed by atoms with van der Waals surface area (Å²) in [5.74, 6) is -4.69. The number of carbonyl (C=O) groups excluding carboxylic acids is 2. The number of halogens is 3. The molecule has 4 unspecified atom stereocenters. The first-order valence-electron chi connectivity index (χ1n) is 12.2. The highest BCUT2D eigenvalue weighted by Gasteiger charge is 2.69. The van der Waals surface area contributed by atoms with Crippen molar-refractivity contribution < 1.29 is 32.7 Å². The van der Waals surface area contributed by atoms with Crippen molar-refractivity contribution in [2.24, 2.45) is 11.8 Å². The quantitative estimate of drug-likeness (QED) is 0.597. The van der Waals surface area contributed by atoms with E-state index < -0.39 is 52.9 Å². The number of hydrogen-bond acceptors (Lipinski definition) is 4. The van der Waals surface area contributed by atoms with Gasteiger partial charge in [-0.25, -0.2) is 0 Å². The van der Waals surface area contributed by atoms with E-state index in [9.17, 15) is 32.7 Å². The van der Waals surface area contributed by atoms with Crippen LogP contribution < -0.4 is 5.32 Å². The Kier molecular flexibility index (Phi) is 6.14. The molecule has 0 radical (unpaired) electrons. The summed E-state index contributed by atoms with van der Waals surface area (Å²) in [4.78, 5) is 41.7. The van der Waals surface area contributed by atoms with E-state index in [1.165, 1.54) is 17.0 Å². The maximum Gasteiger partial charge on any atom is 0.416 e. The molecule has 3 fully saturated rings. The fourth-order valence-electron chi connectivity index (χ4n) is 6.27. The molecule has 9 heteroatoms. The van der Waals surface area contributed by atoms with Crippen LogP contribution >= 0.6 is 0 Å². The van der Waals surface area contributed by atoms with Gasteiger partial charge in [-0.05, 0) is 36.1 Å². The third kappa shape index (κ3) is 3.99. The van der Waals surface area contributed by atoms with Gasteiger partial charge in [0, 0.05) is 18.5 Å². The predicted octanol–water partition coefficient (Wildman–Crippen LogP) is 4.35. The second-order valence-corrected chi connectivity index (χ2v) is 10.0. The zero-order valence-corrected chi connectivity index (χ0v) is 19.5. The van der Waals surface area contributed by atoms with Gasteiger partial charge in [0.1, 0.15) is 5.54 Å². The number of nitrogens with zero attached hydrogens (tertiary/aromatic N) is 1. The number of imide groups is 1. The van der Waals surface area contributed by atoms with Crippen LogP contribution in [0.3, 0.4) is 0 Å². The number of aliphatic carboxylic acids is 1. The Morgan fingerprint density at radius 1 is 1.00 bits per heavy atom. The lowest BCUT2D eigenvalue weighted by atomic mass is 9.76. The summed E-state index contributed by atoms with van der Waals surface area (Å²) in [7, 11) is 0. The largest absolute Gasteiger partial charge is 0.480 e. The lowest BCUT2D eigenvalue weighted by Crippen LogP contribution is -2.58. The Morgan fingerprint density at radius 3 is 2.33 bits per heavy atom. The van der Waals surface area contributed by atoms with Crippen molar-refractivity contribution in [1.82, 2.24) is 10.2 Å². The molecule has 2 aromatic rings. The summed E-state index contributed by atoms with van der Waals surface area (Å²) in [5.41, 5.74) is -1.95. The maximum atomic E-state index is 13.8. The molecule has 2 amide bonds. The fourth-order valence-corrected chi connectivity index (χ4v) is 6.27. The minimum Gasteiger partial charge on any atom is -0.480 e. The Balaban J connectivity index is 1.62. The SMILES string of the molecule is O=C1C2C(c3cccc(C(F)(F)F)c3)NC(Cc3ccccc3)(C(=O)O)C2C(=O)N1C1CCCCC1. The molecule has 1 saturated carbocycles. The molecule has 190 valence electrons. The Bertz CT molecular complexity index is 1180. The van der Waals surface area contributed by atoms with Crippen molar-refractivity contribution in [3.63, 3.8) is 0 Å². The molecule has 2 aromatic carbocycles. The van der Waals surface area contributed by atoms with Crippen molar-refractivity contribution in [3.8, 4) is 0 Å². The second kappa shape index (κ2) is 9.03. The number of carboxylic acid groups (broad SMARTS) is 1. The van der Waals surface area contributed by atoms with Gasteiger partial charge < -0.3 is 5.11 Å². The lowest BCUT2D eigenvalue weighted by Gasteiger charge is -2.34. The van der Waals surface area contributed by atoms with Gasteiger partial charge in [-0.15, -0.1) is 0 Å². The summed E-state index contributed by atoms with van der Waals surface area (Å²) >= 11 is 0. The van der Waals surface area contributed by atoms with E-state index in [1.54, 1.807) is 30.3 Å². The third-order valence-electron chi connectivity index (χ3n) is 7.91. The normalized spacial score (nSPS) is 29.0. The topological polar surface area (TPSA) is 86.7 Å². The highest BCUT2D eigenvalue weighted by Crippen LogP contribution is 2.51. The number of carboxylic acids is 1. The number of likely N-dealkylation sites (tertiary alicyclic amines) is 1. The minimum atomic E-state index is -4.61. The average Bonchev–Trinajstić information content (AvgIpc) is 3.34. The molecule has 0 aromatic heterocycles. The van der Waals surface area contributed by atoms with Crippen molar-refractivity contribution in [2.45, 2.75) is 62.3 Å². The van der Waals surface area contributed by atoms with Crippen molar-refractivity contribution in [2.75, 3.05) is 0 Å². The summed E-state index contributed by atoms with van der Waals surface area (Å²) in [5, 5.41) is 13.5. The minimum absolute atomic E-state index is 0.0860. The summed E-state index contributed by atoms with van der Waals surface area (Å²) < 4.78 is 40.5. The average molecular weight is 501 g/mol. The van der Waals surface area contributed by atoms with Gasteiger partial charge in [0.2, 0.25) is 11.8 Å². The molecule has 5 rings (SSSR count). The molecule has 6 nitrogen and oxygen atoms in total. The number of hydrogen-bond donors (Lipinski definition) is 2. The van der Waals surface area contributed by atoms with E-state index in [1.807, 2.05) is 0 Å². The van der Waals surface area contributed by atoms with Crippen LogP contribution in [0.1, 0.15) is 54.8 Å². The van der Waals surface area contributed by atoms with Gasteiger partial charge in [-0.3, -0.25) is 24.6 Å². The fraction of sp³-hybridized carbons (Fsp3) is 0.444. The number of carbonyl (C=O) groups is 3. The molecule has 2 aliphatic heterocycles. The van der Waals surface area contributed by atoms with Gasteiger partial charge in [0.15, 0.2) is 0 Å². The van der Waals surface area contributed by atoms with Gasteiger partial charge in [0.25, 0.3) is 0 Å². The van der Waals surface area contributed by atoms with E-state index >= 15 is 0 Å². The number of alkyl halides is 3. The first kappa shape index (κ1) is 24.5. The molecule has 3 aliphatic rings. The Labute approximate surface area is 206 Å². The molecule has 2 saturated heterocycles. The molecule has 36 heavy (non-hydrogen) atoms. The number of rotatable bonds is 5. The summed E-state index contributed by atoms with van der Waals surface area (Å²) in [6, 6.07) is 11.9. The van der Waals surface area contributed by atoms with Crippen LogP contribution in [0.15, 0.2) is 54.6 Å². The lowest BCUT2D eigenvalue weighted by molar-refractivity contribution is -0.152. The van der Waals surface area contributed by atoms with Gasteiger partial charge in [-0.1, -0.05) is 61.7 Å². The highest BCUT2D eigenvalue weighted by molar-refractivity contribution is 6.09. The van der Waals surface area contributed by atoms with E-state index in [2.05, 4.69) is 5.32 Å². The number of amides is 2. The highest BCUT2D eigenvalue weighted by atomic mass is 19.4. The van der Waals surface area contributed by atoms with Crippen molar-refractivity contribution in [1.29, 1.82) is 0 Å². The number of fused-ring (bicyclic) bond motifs is 1. The van der Waals surface area contributed by atoms with Crippen LogP contribution in [-0.4, -0.2) is 39.4 Å². The molecule has 2 heterocycles. The molecule has 4 atom stereocenters. The molecular formula is C27H27F3N2O4. The van der Waals surface area contributed by atoms with E-state index in [-0.39, 0.29) is 18.0 Å². The van der Waals surface area contributed by atoms with Crippen LogP contribution in [0.25, 0.3) is 0 Å². The Morgan fingerprint density at radius 2 is 1.69 bits per heavy atom. The van der Waals surface area contributed by atoms with Gasteiger partial charge in [0.05, 0.1) is 17.4 Å². The van der Waals surface area contributed by atoms with Crippen LogP contribution in [0.4, 0.5) is 13.2 Å². The van der Waals surface area contributed by atoms with Crippen molar-refractivity contribution >= 4 is 17.8 Å². The molecular weight excluding hydrogens is 473 g/mol. The zero-order chi connectivity index (χ0) is 25.7. The molecule has 0 bridgehead atoms. The van der Waals surface area contributed by atoms with Crippen LogP contribution in [0, 0.1) is 11.8 Å². The smallest absolute Gasteiger partial charge is 0.416 e. The number of benzene rings is 2. The molecule has 0 spiro atoms. The van der Waals surface area contributed by atoms with Crippen LogP contribution in [0.5, 0.6) is 0 Å². The predicted molar refractivity (Wildman–Crippen MR) is 124 cm³/mol. The summed E-state index contributed by atoms with van der Waals surface area (Å²) in [6.07, 6.45) is -0.667. The van der Waals surface area contributed by atoms with Crippen molar-refractivity contribution in [3.05, 3.63) is 71.3 Å².